The fraction of sp³-hybridized carbons (Fsp3) is 0.333. The molecule has 1 rings (SSSR count). The van der Waals surface area contributed by atoms with Crippen LogP contribution in [0.5, 0.6) is 0 Å². The van der Waals surface area contributed by atoms with E-state index in [4.69, 9.17) is 0 Å². The van der Waals surface area contributed by atoms with E-state index in [0.29, 0.717) is 0 Å². The van der Waals surface area contributed by atoms with Gasteiger partial charge in [-0.15, -0.1) is 0 Å². The van der Waals surface area contributed by atoms with Crippen LogP contribution in [0.2, 0.25) is 0 Å². The van der Waals surface area contributed by atoms with Gasteiger partial charge in [0.15, 0.2) is 10.3 Å². The number of aryl methyl sites for hydroxylation is 1. The molecule has 0 aliphatic rings. The average Bonchev–Trinajstić information content (AvgIpc) is 2.34. The third kappa shape index (κ3) is 8.68. The third-order valence-electron chi connectivity index (χ3n) is 0.953. The Kier molecular flexibility index (Phi) is 4.81. The van der Waals surface area contributed by atoms with Gasteiger partial charge >= 0.3 is 0 Å². The van der Waals surface area contributed by atoms with Crippen LogP contribution in [0.4, 0.5) is 0 Å². The van der Waals surface area contributed by atoms with Crippen LogP contribution >= 0.6 is 0 Å². The summed E-state index contributed by atoms with van der Waals surface area (Å²) in [6.07, 6.45) is 5.69. The van der Waals surface area contributed by atoms with Crippen LogP contribution in [0.25, 0.3) is 0 Å². The zero-order valence-corrected chi connectivity index (χ0v) is 8.54. The number of nitrogens with one attached hydrogen (secondary N) is 2. The molecule has 0 aliphatic carbocycles. The number of hydrogen-bond donors (Lipinski definition) is 2. The number of aromatic amines is 1. The summed E-state index contributed by atoms with van der Waals surface area (Å²) in [5, 5.41) is 0. The van der Waals surface area contributed by atoms with Gasteiger partial charge in [-0.3, -0.25) is 14.5 Å². The largest absolute Gasteiger partial charge is 0.731 e. The fourth-order valence-electron chi connectivity index (χ4n) is 0.540. The van der Waals surface area contributed by atoms with E-state index in [1.165, 1.54) is 0 Å². The SMILES string of the molecule is CC(=O)NS(=O)(=O)[O-].C[n+]1cc[nH]c1. The van der Waals surface area contributed by atoms with Crippen molar-refractivity contribution in [1.82, 2.24) is 9.71 Å². The molecule has 0 bridgehead atoms. The minimum absolute atomic E-state index is 0.875. The van der Waals surface area contributed by atoms with Crippen LogP contribution in [0.1, 0.15) is 6.92 Å². The van der Waals surface area contributed by atoms with E-state index < -0.39 is 16.2 Å². The molecule has 0 unspecified atom stereocenters. The first-order valence-electron chi connectivity index (χ1n) is 3.53. The number of amides is 1. The quantitative estimate of drug-likeness (QED) is 0.441. The van der Waals surface area contributed by atoms with Crippen molar-refractivity contribution in [3.05, 3.63) is 18.7 Å². The first-order chi connectivity index (χ1) is 6.31. The van der Waals surface area contributed by atoms with E-state index in [-0.39, 0.29) is 0 Å². The van der Waals surface area contributed by atoms with Gasteiger partial charge in [-0.25, -0.2) is 13.0 Å². The molecular formula is C6H11N3O4S. The average molecular weight is 221 g/mol. The zero-order valence-electron chi connectivity index (χ0n) is 7.72. The molecule has 1 aromatic rings. The van der Waals surface area contributed by atoms with Gasteiger partial charge in [0.1, 0.15) is 12.4 Å². The topological polar surface area (TPSA) is 106 Å². The highest BCUT2D eigenvalue weighted by Crippen LogP contribution is 1.69. The van der Waals surface area contributed by atoms with Crippen molar-refractivity contribution in [2.24, 2.45) is 7.05 Å². The van der Waals surface area contributed by atoms with Crippen molar-refractivity contribution < 1.29 is 22.3 Å². The summed E-state index contributed by atoms with van der Waals surface area (Å²) in [7, 11) is -2.60. The number of rotatable bonds is 1. The van der Waals surface area contributed by atoms with Crippen molar-refractivity contribution in [3.63, 3.8) is 0 Å². The molecule has 0 aromatic carbocycles. The van der Waals surface area contributed by atoms with Crippen molar-refractivity contribution in [1.29, 1.82) is 0 Å². The summed E-state index contributed by atoms with van der Waals surface area (Å²) in [5.41, 5.74) is 0. The van der Waals surface area contributed by atoms with E-state index in [0.717, 1.165) is 11.6 Å². The Morgan fingerprint density at radius 2 is 2.14 bits per heavy atom. The molecule has 8 heteroatoms. The van der Waals surface area contributed by atoms with Gasteiger partial charge in [0.25, 0.3) is 0 Å². The molecule has 0 aliphatic heterocycles. The fourth-order valence-corrected chi connectivity index (χ4v) is 0.892. The van der Waals surface area contributed by atoms with E-state index in [9.17, 15) is 17.8 Å². The van der Waals surface area contributed by atoms with Crippen molar-refractivity contribution in [2.75, 3.05) is 0 Å². The maximum absolute atomic E-state index is 9.77. The Morgan fingerprint density at radius 3 is 2.21 bits per heavy atom. The number of imidazole rings is 1. The summed E-state index contributed by atoms with van der Waals surface area (Å²) in [6, 6.07) is 0. The smallest absolute Gasteiger partial charge is 0.241 e. The molecule has 1 amide bonds. The van der Waals surface area contributed by atoms with Gasteiger partial charge < -0.3 is 4.55 Å². The Bertz CT molecular complexity index is 370. The summed E-state index contributed by atoms with van der Waals surface area (Å²) in [5.74, 6) is -0.875. The Morgan fingerprint density at radius 1 is 1.57 bits per heavy atom. The molecule has 0 fully saturated rings. The molecular weight excluding hydrogens is 210 g/mol. The van der Waals surface area contributed by atoms with E-state index in [1.54, 1.807) is 0 Å². The normalized spacial score (nSPS) is 9.93. The van der Waals surface area contributed by atoms with Gasteiger partial charge in [-0.05, 0) is 0 Å². The molecule has 14 heavy (non-hydrogen) atoms. The van der Waals surface area contributed by atoms with Crippen LogP contribution in [-0.2, 0) is 22.1 Å². The molecule has 1 heterocycles. The third-order valence-corrected chi connectivity index (χ3v) is 1.49. The van der Waals surface area contributed by atoms with Gasteiger partial charge in [-0.1, -0.05) is 0 Å². The number of nitrogens with zero attached hydrogens (tertiary/aromatic N) is 1. The van der Waals surface area contributed by atoms with E-state index >= 15 is 0 Å². The van der Waals surface area contributed by atoms with Gasteiger partial charge in [0.2, 0.25) is 12.2 Å². The number of H-pyrrole nitrogens is 1. The van der Waals surface area contributed by atoms with Gasteiger partial charge in [-0.2, -0.15) is 0 Å². The predicted molar refractivity (Wildman–Crippen MR) is 45.5 cm³/mol. The number of carbonyl (C=O) groups excluding carboxylic acids is 1. The molecule has 7 nitrogen and oxygen atoms in total. The number of carbonyl (C=O) groups is 1. The number of aromatic nitrogens is 2. The Labute approximate surface area is 81.6 Å². The van der Waals surface area contributed by atoms with Crippen LogP contribution < -0.4 is 9.29 Å². The zero-order chi connectivity index (χ0) is 11.2. The Balaban J connectivity index is 0.000000249. The lowest BCUT2D eigenvalue weighted by Crippen LogP contribution is -2.27. The van der Waals surface area contributed by atoms with Crippen molar-refractivity contribution in [3.8, 4) is 0 Å². The van der Waals surface area contributed by atoms with Gasteiger partial charge in [0, 0.05) is 6.92 Å². The first kappa shape index (κ1) is 12.6. The monoisotopic (exact) mass is 221 g/mol. The van der Waals surface area contributed by atoms with Crippen LogP contribution in [0.15, 0.2) is 18.7 Å². The first-order valence-corrected chi connectivity index (χ1v) is 4.94. The predicted octanol–water partition coefficient (Wildman–Crippen LogP) is -1.58. The standard InChI is InChI=1S/C4H6N2.C2H5NO4S/c1-6-3-2-5-4-6;1-2(4)3-8(5,6)7/h2-4H,1H3;1H3,(H,3,4)(H,5,6,7). The molecule has 2 N–H and O–H groups in total. The molecule has 0 radical (unpaired) electrons. The van der Waals surface area contributed by atoms with Crippen molar-refractivity contribution >= 4 is 16.2 Å². The molecule has 0 atom stereocenters. The summed E-state index contributed by atoms with van der Waals surface area (Å²) in [6.45, 7) is 0.940. The molecule has 0 spiro atoms. The maximum atomic E-state index is 9.77. The summed E-state index contributed by atoms with van der Waals surface area (Å²) in [4.78, 5) is 12.7. The second-order valence-electron chi connectivity index (χ2n) is 2.39. The second-order valence-corrected chi connectivity index (χ2v) is 3.50. The lowest BCUT2D eigenvalue weighted by molar-refractivity contribution is -0.670. The van der Waals surface area contributed by atoms with Crippen LogP contribution in [0, 0.1) is 0 Å². The van der Waals surface area contributed by atoms with E-state index in [2.05, 4.69) is 4.98 Å². The highest BCUT2D eigenvalue weighted by molar-refractivity contribution is 7.84. The van der Waals surface area contributed by atoms with Gasteiger partial charge in [0.05, 0.1) is 7.05 Å². The maximum Gasteiger partial charge on any atom is 0.241 e. The minimum Gasteiger partial charge on any atom is -0.731 e. The second kappa shape index (κ2) is 5.35. The number of hydrogen-bond acceptors (Lipinski definition) is 4. The van der Waals surface area contributed by atoms with E-state index in [1.807, 2.05) is 30.3 Å². The molecule has 0 saturated carbocycles. The lowest BCUT2D eigenvalue weighted by Gasteiger charge is -2.04. The Hall–Kier alpha value is -1.41. The van der Waals surface area contributed by atoms with Crippen molar-refractivity contribution in [2.45, 2.75) is 6.92 Å². The molecule has 0 saturated heterocycles. The van der Waals surface area contributed by atoms with Crippen LogP contribution in [0.3, 0.4) is 0 Å². The summed E-state index contributed by atoms with van der Waals surface area (Å²) >= 11 is 0. The minimum atomic E-state index is -4.57. The highest BCUT2D eigenvalue weighted by atomic mass is 32.2. The molecule has 1 aromatic heterocycles. The lowest BCUT2D eigenvalue weighted by atomic mass is 10.8. The highest BCUT2D eigenvalue weighted by Gasteiger charge is 1.92. The van der Waals surface area contributed by atoms with Crippen LogP contribution in [-0.4, -0.2) is 23.9 Å². The summed E-state index contributed by atoms with van der Waals surface area (Å²) < 4.78 is 31.8. The molecule has 80 valence electrons.